The standard InChI is InChI=1S/C17H13N3O5S/c1-8-3-4-10(7-11(8)20(24)25)5-6-12-18-15(21)13-9(2)14(17(22)23)26-16(13)19-12/h3-7H,1-2H3,(H,22,23)(H,18,19,21)/b6-5+. The highest BCUT2D eigenvalue weighted by molar-refractivity contribution is 7.20. The Labute approximate surface area is 150 Å². The molecule has 2 N–H and O–H groups in total. The van der Waals surface area contributed by atoms with Crippen molar-refractivity contribution >= 4 is 45.4 Å². The van der Waals surface area contributed by atoms with E-state index in [0.29, 0.717) is 21.5 Å². The number of aromatic nitrogens is 2. The lowest BCUT2D eigenvalue weighted by atomic mass is 10.1. The molecule has 0 bridgehead atoms. The normalized spacial score (nSPS) is 11.3. The quantitative estimate of drug-likeness (QED) is 0.535. The number of benzene rings is 1. The van der Waals surface area contributed by atoms with Gasteiger partial charge >= 0.3 is 5.97 Å². The maximum atomic E-state index is 12.3. The summed E-state index contributed by atoms with van der Waals surface area (Å²) < 4.78 is 0. The summed E-state index contributed by atoms with van der Waals surface area (Å²) in [6.07, 6.45) is 3.11. The molecule has 0 aliphatic rings. The molecule has 26 heavy (non-hydrogen) atoms. The Morgan fingerprint density at radius 2 is 2.08 bits per heavy atom. The molecule has 0 aliphatic heterocycles. The third-order valence-corrected chi connectivity index (χ3v) is 5.05. The minimum Gasteiger partial charge on any atom is -0.477 e. The van der Waals surface area contributed by atoms with Gasteiger partial charge in [0.15, 0.2) is 0 Å². The van der Waals surface area contributed by atoms with Gasteiger partial charge in [0.05, 0.1) is 10.3 Å². The topological polar surface area (TPSA) is 126 Å². The second kappa shape index (κ2) is 6.52. The third kappa shape index (κ3) is 3.11. The number of aromatic amines is 1. The number of rotatable bonds is 4. The Morgan fingerprint density at radius 3 is 2.73 bits per heavy atom. The number of nitrogens with one attached hydrogen (secondary N) is 1. The van der Waals surface area contributed by atoms with Crippen LogP contribution in [0.15, 0.2) is 23.0 Å². The van der Waals surface area contributed by atoms with Crippen molar-refractivity contribution in [2.24, 2.45) is 0 Å². The van der Waals surface area contributed by atoms with Gasteiger partial charge in [-0.05, 0) is 31.1 Å². The molecule has 132 valence electrons. The number of thiophene rings is 1. The van der Waals surface area contributed by atoms with Crippen LogP contribution in [0.5, 0.6) is 0 Å². The average Bonchev–Trinajstić information content (AvgIpc) is 2.91. The molecule has 8 nitrogen and oxygen atoms in total. The van der Waals surface area contributed by atoms with E-state index in [2.05, 4.69) is 9.97 Å². The number of H-pyrrole nitrogens is 1. The van der Waals surface area contributed by atoms with Gasteiger partial charge in [-0.2, -0.15) is 0 Å². The number of carboxylic acids is 1. The molecular formula is C17H13N3O5S. The first-order chi connectivity index (χ1) is 12.3. The number of hydrogen-bond donors (Lipinski definition) is 2. The van der Waals surface area contributed by atoms with E-state index in [-0.39, 0.29) is 21.8 Å². The second-order valence-electron chi connectivity index (χ2n) is 5.63. The molecule has 0 saturated heterocycles. The molecule has 9 heteroatoms. The van der Waals surface area contributed by atoms with E-state index in [0.717, 1.165) is 11.3 Å². The van der Waals surface area contributed by atoms with E-state index in [9.17, 15) is 24.8 Å². The van der Waals surface area contributed by atoms with Crippen molar-refractivity contribution in [3.63, 3.8) is 0 Å². The molecule has 0 atom stereocenters. The highest BCUT2D eigenvalue weighted by atomic mass is 32.1. The fourth-order valence-corrected chi connectivity index (χ4v) is 3.57. The summed E-state index contributed by atoms with van der Waals surface area (Å²) in [6.45, 7) is 3.22. The van der Waals surface area contributed by atoms with Crippen LogP contribution in [0.4, 0.5) is 5.69 Å². The first-order valence-corrected chi connectivity index (χ1v) is 8.29. The van der Waals surface area contributed by atoms with Gasteiger partial charge in [0.1, 0.15) is 15.5 Å². The largest absolute Gasteiger partial charge is 0.477 e. The first kappa shape index (κ1) is 17.5. The van der Waals surface area contributed by atoms with E-state index in [1.54, 1.807) is 32.1 Å². The second-order valence-corrected chi connectivity index (χ2v) is 6.63. The van der Waals surface area contributed by atoms with E-state index in [4.69, 9.17) is 0 Å². The maximum absolute atomic E-state index is 12.3. The van der Waals surface area contributed by atoms with Crippen molar-refractivity contribution in [2.45, 2.75) is 13.8 Å². The van der Waals surface area contributed by atoms with Crippen LogP contribution in [0, 0.1) is 24.0 Å². The molecule has 3 aromatic rings. The molecule has 0 fully saturated rings. The Hall–Kier alpha value is -3.33. The van der Waals surface area contributed by atoms with E-state index in [1.807, 2.05) is 0 Å². The van der Waals surface area contributed by atoms with Gasteiger partial charge in [0, 0.05) is 11.6 Å². The van der Waals surface area contributed by atoms with Gasteiger partial charge < -0.3 is 10.1 Å². The summed E-state index contributed by atoms with van der Waals surface area (Å²) >= 11 is 0.936. The molecule has 0 radical (unpaired) electrons. The lowest BCUT2D eigenvalue weighted by molar-refractivity contribution is -0.385. The predicted molar refractivity (Wildman–Crippen MR) is 98.7 cm³/mol. The van der Waals surface area contributed by atoms with E-state index < -0.39 is 16.5 Å². The van der Waals surface area contributed by atoms with Gasteiger partial charge in [-0.1, -0.05) is 18.2 Å². The molecule has 2 aromatic heterocycles. The van der Waals surface area contributed by atoms with Crippen LogP contribution in [0.2, 0.25) is 0 Å². The highest BCUT2D eigenvalue weighted by Gasteiger charge is 2.18. The fourth-order valence-electron chi connectivity index (χ4n) is 2.55. The smallest absolute Gasteiger partial charge is 0.346 e. The van der Waals surface area contributed by atoms with Crippen LogP contribution >= 0.6 is 11.3 Å². The fraction of sp³-hybridized carbons (Fsp3) is 0.118. The van der Waals surface area contributed by atoms with Crippen molar-refractivity contribution in [1.29, 1.82) is 0 Å². The van der Waals surface area contributed by atoms with Gasteiger partial charge in [0.2, 0.25) is 0 Å². The molecule has 0 aliphatic carbocycles. The monoisotopic (exact) mass is 371 g/mol. The first-order valence-electron chi connectivity index (χ1n) is 7.47. The van der Waals surface area contributed by atoms with Crippen LogP contribution in [0.25, 0.3) is 22.4 Å². The minimum absolute atomic E-state index is 0.00374. The van der Waals surface area contributed by atoms with Crippen molar-refractivity contribution in [3.8, 4) is 0 Å². The van der Waals surface area contributed by atoms with Crippen LogP contribution in [-0.2, 0) is 0 Å². The average molecular weight is 371 g/mol. The number of nitro groups is 1. The lowest BCUT2D eigenvalue weighted by Gasteiger charge is -1.99. The SMILES string of the molecule is Cc1ccc(/C=C/c2nc3sc(C(=O)O)c(C)c3c(=O)[nH]2)cc1[N+](=O)[O-]. The summed E-state index contributed by atoms with van der Waals surface area (Å²) in [5, 5.41) is 20.4. The summed E-state index contributed by atoms with van der Waals surface area (Å²) in [5.41, 5.74) is 1.10. The molecule has 1 aromatic carbocycles. The Kier molecular flexibility index (Phi) is 4.39. The zero-order valence-corrected chi connectivity index (χ0v) is 14.6. The summed E-state index contributed by atoms with van der Waals surface area (Å²) in [7, 11) is 0. The van der Waals surface area contributed by atoms with Gasteiger partial charge in [-0.15, -0.1) is 11.3 Å². The lowest BCUT2D eigenvalue weighted by Crippen LogP contribution is -2.09. The molecular weight excluding hydrogens is 358 g/mol. The molecule has 0 amide bonds. The summed E-state index contributed by atoms with van der Waals surface area (Å²) in [4.78, 5) is 41.3. The van der Waals surface area contributed by atoms with Gasteiger partial charge in [-0.25, -0.2) is 9.78 Å². The third-order valence-electron chi connectivity index (χ3n) is 3.88. The Balaban J connectivity index is 2.03. The Morgan fingerprint density at radius 1 is 1.35 bits per heavy atom. The number of fused-ring (bicyclic) bond motifs is 1. The number of aryl methyl sites for hydroxylation is 2. The molecule has 2 heterocycles. The summed E-state index contributed by atoms with van der Waals surface area (Å²) in [5.74, 6) is -0.863. The van der Waals surface area contributed by atoms with Gasteiger partial charge in [0.25, 0.3) is 11.2 Å². The van der Waals surface area contributed by atoms with E-state index in [1.165, 1.54) is 12.1 Å². The minimum atomic E-state index is -1.10. The van der Waals surface area contributed by atoms with Crippen molar-refractivity contribution in [1.82, 2.24) is 9.97 Å². The molecule has 3 rings (SSSR count). The zero-order valence-electron chi connectivity index (χ0n) is 13.8. The van der Waals surface area contributed by atoms with Crippen LogP contribution in [0.1, 0.15) is 32.2 Å². The number of carbonyl (C=O) groups is 1. The molecule has 0 unspecified atom stereocenters. The number of carboxylic acid groups (broad SMARTS) is 1. The summed E-state index contributed by atoms with van der Waals surface area (Å²) in [6, 6.07) is 4.78. The zero-order chi connectivity index (χ0) is 19.0. The molecule has 0 spiro atoms. The van der Waals surface area contributed by atoms with Crippen molar-refractivity contribution in [3.05, 3.63) is 66.1 Å². The number of nitro benzene ring substituents is 1. The number of nitrogens with zero attached hydrogens (tertiary/aromatic N) is 2. The number of hydrogen-bond acceptors (Lipinski definition) is 6. The van der Waals surface area contributed by atoms with Crippen molar-refractivity contribution in [2.75, 3.05) is 0 Å². The maximum Gasteiger partial charge on any atom is 0.346 e. The highest BCUT2D eigenvalue weighted by Crippen LogP contribution is 2.27. The van der Waals surface area contributed by atoms with Crippen LogP contribution in [0.3, 0.4) is 0 Å². The van der Waals surface area contributed by atoms with E-state index >= 15 is 0 Å². The predicted octanol–water partition coefficient (Wildman–Crippen LogP) is 3.38. The Bertz CT molecular complexity index is 1140. The molecule has 0 saturated carbocycles. The number of aromatic carboxylic acids is 1. The van der Waals surface area contributed by atoms with Crippen molar-refractivity contribution < 1.29 is 14.8 Å². The van der Waals surface area contributed by atoms with Crippen LogP contribution in [-0.4, -0.2) is 26.0 Å². The van der Waals surface area contributed by atoms with Crippen LogP contribution < -0.4 is 5.56 Å². The van der Waals surface area contributed by atoms with Gasteiger partial charge in [-0.3, -0.25) is 14.9 Å².